The van der Waals surface area contributed by atoms with Crippen molar-refractivity contribution in [3.8, 4) is 0 Å². The fourth-order valence-corrected chi connectivity index (χ4v) is 8.64. The molecule has 0 bridgehead atoms. The molecule has 0 N–H and O–H groups in total. The number of carbonyl (C=O) groups excluding carboxylic acids is 3. The van der Waals surface area contributed by atoms with Gasteiger partial charge in [-0.1, -0.05) is 267 Å². The lowest BCUT2D eigenvalue weighted by atomic mass is 10.0. The molecular weight excluding hydrogens is 877 g/mol. The fourth-order valence-electron chi connectivity index (χ4n) is 8.64. The number of ether oxygens (including phenoxy) is 3. The summed E-state index contributed by atoms with van der Waals surface area (Å²) in [6, 6.07) is 0. The maximum atomic E-state index is 12.8. The predicted octanol–water partition coefficient (Wildman–Crippen LogP) is 20.5. The second-order valence-electron chi connectivity index (χ2n) is 20.2. The molecule has 0 aliphatic heterocycles. The van der Waals surface area contributed by atoms with Crippen molar-refractivity contribution < 1.29 is 28.6 Å². The van der Waals surface area contributed by atoms with Crippen molar-refractivity contribution >= 4 is 17.9 Å². The summed E-state index contributed by atoms with van der Waals surface area (Å²) in [5, 5.41) is 0. The Kier molecular flexibility index (Phi) is 56.8. The van der Waals surface area contributed by atoms with Crippen LogP contribution in [0.25, 0.3) is 0 Å². The summed E-state index contributed by atoms with van der Waals surface area (Å²) in [6.07, 6.45) is 76.4. The summed E-state index contributed by atoms with van der Waals surface area (Å²) < 4.78 is 16.8. The maximum absolute atomic E-state index is 12.8. The molecule has 0 rings (SSSR count). The van der Waals surface area contributed by atoms with Gasteiger partial charge in [0, 0.05) is 19.3 Å². The van der Waals surface area contributed by atoms with Crippen LogP contribution in [-0.2, 0) is 28.6 Å². The van der Waals surface area contributed by atoms with Gasteiger partial charge in [-0.2, -0.15) is 0 Å². The van der Waals surface area contributed by atoms with Crippen molar-refractivity contribution in [1.29, 1.82) is 0 Å². The van der Waals surface area contributed by atoms with Crippen LogP contribution in [0.4, 0.5) is 0 Å². The van der Waals surface area contributed by atoms with Crippen LogP contribution in [0.2, 0.25) is 0 Å². The molecule has 0 aliphatic carbocycles. The SMILES string of the molecule is CC/C=C\C/C=C\C/C=C\C/C=C\CCCCCCCCCCC(=O)OC(COC(=O)CCCCCCCCC)COC(=O)CCCCCCCCCCCCCCC/C=C\C/C=C\CCCCCCC. The second-order valence-corrected chi connectivity index (χ2v) is 20.2. The number of hydrogen-bond donors (Lipinski definition) is 0. The van der Waals surface area contributed by atoms with E-state index in [4.69, 9.17) is 14.2 Å². The topological polar surface area (TPSA) is 78.9 Å². The van der Waals surface area contributed by atoms with Gasteiger partial charge < -0.3 is 14.2 Å². The molecule has 0 amide bonds. The summed E-state index contributed by atoms with van der Waals surface area (Å²) in [6.45, 7) is 6.49. The zero-order valence-corrected chi connectivity index (χ0v) is 47.0. The number of carbonyl (C=O) groups is 3. The fraction of sp³-hybridized carbons (Fsp3) is 0.769. The molecule has 0 aromatic carbocycles. The zero-order valence-electron chi connectivity index (χ0n) is 47.0. The molecule has 6 nitrogen and oxygen atoms in total. The van der Waals surface area contributed by atoms with Gasteiger partial charge in [-0.3, -0.25) is 14.4 Å². The minimum atomic E-state index is -0.777. The Morgan fingerprint density at radius 2 is 0.549 bits per heavy atom. The molecule has 0 radical (unpaired) electrons. The summed E-state index contributed by atoms with van der Waals surface area (Å²) in [5.41, 5.74) is 0. The van der Waals surface area contributed by atoms with Crippen molar-refractivity contribution in [3.05, 3.63) is 72.9 Å². The van der Waals surface area contributed by atoms with Crippen molar-refractivity contribution in [2.24, 2.45) is 0 Å². The average molecular weight is 992 g/mol. The van der Waals surface area contributed by atoms with Crippen LogP contribution in [0.15, 0.2) is 72.9 Å². The van der Waals surface area contributed by atoms with Crippen molar-refractivity contribution in [1.82, 2.24) is 0 Å². The maximum Gasteiger partial charge on any atom is 0.306 e. The first-order valence-corrected chi connectivity index (χ1v) is 30.4. The van der Waals surface area contributed by atoms with E-state index in [0.717, 1.165) is 96.3 Å². The molecule has 0 aromatic rings. The minimum Gasteiger partial charge on any atom is -0.462 e. The van der Waals surface area contributed by atoms with Gasteiger partial charge >= 0.3 is 17.9 Å². The van der Waals surface area contributed by atoms with Crippen molar-refractivity contribution in [2.45, 2.75) is 309 Å². The molecule has 6 heteroatoms. The van der Waals surface area contributed by atoms with Crippen LogP contribution in [0.3, 0.4) is 0 Å². The molecule has 0 fully saturated rings. The van der Waals surface area contributed by atoms with Gasteiger partial charge in [-0.15, -0.1) is 0 Å². The van der Waals surface area contributed by atoms with E-state index in [-0.39, 0.29) is 31.1 Å². The van der Waals surface area contributed by atoms with Crippen molar-refractivity contribution in [3.63, 3.8) is 0 Å². The Bertz CT molecular complexity index is 1320. The molecule has 0 saturated carbocycles. The zero-order chi connectivity index (χ0) is 51.4. The van der Waals surface area contributed by atoms with E-state index in [1.807, 2.05) is 0 Å². The van der Waals surface area contributed by atoms with E-state index < -0.39 is 6.10 Å². The first-order valence-electron chi connectivity index (χ1n) is 30.4. The highest BCUT2D eigenvalue weighted by atomic mass is 16.6. The van der Waals surface area contributed by atoms with Crippen LogP contribution in [-0.4, -0.2) is 37.2 Å². The predicted molar refractivity (Wildman–Crippen MR) is 307 cm³/mol. The largest absolute Gasteiger partial charge is 0.462 e. The lowest BCUT2D eigenvalue weighted by molar-refractivity contribution is -0.167. The number of rotatable bonds is 55. The highest BCUT2D eigenvalue weighted by Gasteiger charge is 2.19. The third kappa shape index (κ3) is 57.6. The van der Waals surface area contributed by atoms with Gasteiger partial charge in [0.1, 0.15) is 13.2 Å². The minimum absolute atomic E-state index is 0.0770. The van der Waals surface area contributed by atoms with E-state index in [9.17, 15) is 14.4 Å². The Balaban J connectivity index is 4.15. The van der Waals surface area contributed by atoms with E-state index in [1.165, 1.54) is 167 Å². The van der Waals surface area contributed by atoms with Crippen LogP contribution >= 0.6 is 0 Å². The molecule has 71 heavy (non-hydrogen) atoms. The number of unbranched alkanes of at least 4 members (excludes halogenated alkanes) is 32. The Morgan fingerprint density at radius 1 is 0.296 bits per heavy atom. The highest BCUT2D eigenvalue weighted by molar-refractivity contribution is 5.71. The molecule has 0 aliphatic rings. The molecular formula is C65H114O6. The van der Waals surface area contributed by atoms with E-state index >= 15 is 0 Å². The third-order valence-electron chi connectivity index (χ3n) is 13.2. The van der Waals surface area contributed by atoms with Gasteiger partial charge in [0.2, 0.25) is 0 Å². The smallest absolute Gasteiger partial charge is 0.306 e. The molecule has 1 atom stereocenters. The van der Waals surface area contributed by atoms with Crippen LogP contribution in [0, 0.1) is 0 Å². The third-order valence-corrected chi connectivity index (χ3v) is 13.2. The van der Waals surface area contributed by atoms with Crippen molar-refractivity contribution in [2.75, 3.05) is 13.2 Å². The van der Waals surface area contributed by atoms with E-state index in [1.54, 1.807) is 0 Å². The summed E-state index contributed by atoms with van der Waals surface area (Å²) in [5.74, 6) is -0.882. The Labute approximate surface area is 440 Å². The normalized spacial score (nSPS) is 12.5. The monoisotopic (exact) mass is 991 g/mol. The van der Waals surface area contributed by atoms with Gasteiger partial charge in [-0.25, -0.2) is 0 Å². The van der Waals surface area contributed by atoms with Crippen LogP contribution < -0.4 is 0 Å². The highest BCUT2D eigenvalue weighted by Crippen LogP contribution is 2.16. The Morgan fingerprint density at radius 3 is 0.859 bits per heavy atom. The van der Waals surface area contributed by atoms with Gasteiger partial charge in [-0.05, 0) is 89.9 Å². The van der Waals surface area contributed by atoms with E-state index in [2.05, 4.69) is 93.7 Å². The van der Waals surface area contributed by atoms with Gasteiger partial charge in [0.15, 0.2) is 6.10 Å². The lowest BCUT2D eigenvalue weighted by Gasteiger charge is -2.18. The Hall–Kier alpha value is -3.15. The molecule has 0 heterocycles. The average Bonchev–Trinajstić information content (AvgIpc) is 3.37. The number of allylic oxidation sites excluding steroid dienone is 12. The summed E-state index contributed by atoms with van der Waals surface area (Å²) >= 11 is 0. The quantitative estimate of drug-likeness (QED) is 0.0261. The van der Waals surface area contributed by atoms with Gasteiger partial charge in [0.05, 0.1) is 0 Å². The molecule has 1 unspecified atom stereocenters. The first-order chi connectivity index (χ1) is 35.0. The molecule has 0 saturated heterocycles. The number of hydrogen-bond acceptors (Lipinski definition) is 6. The second kappa shape index (κ2) is 59.4. The summed E-state index contributed by atoms with van der Waals surface area (Å²) in [7, 11) is 0. The molecule has 410 valence electrons. The summed E-state index contributed by atoms with van der Waals surface area (Å²) in [4.78, 5) is 38.0. The first kappa shape index (κ1) is 67.8. The number of esters is 3. The van der Waals surface area contributed by atoms with E-state index in [0.29, 0.717) is 19.3 Å². The van der Waals surface area contributed by atoms with Crippen LogP contribution in [0.1, 0.15) is 303 Å². The lowest BCUT2D eigenvalue weighted by Crippen LogP contribution is -2.30. The standard InChI is InChI=1S/C65H114O6/c1-4-7-10-13-16-18-20-22-24-26-28-30-31-32-33-35-36-38-40-42-44-46-49-52-55-58-64(67)70-61-62(60-69-63(66)57-54-51-48-15-12-9-6-3)71-65(68)59-56-53-50-47-45-43-41-39-37-34-29-27-25-23-21-19-17-14-11-8-5-2/h8,11,17,19-20,22-23,25-26,28-29,34,62H,4-7,9-10,12-16,18,21,24,27,30-33,35-61H2,1-3H3/b11-8-,19-17-,22-20-,25-23-,28-26-,34-29-. The molecule has 0 spiro atoms. The van der Waals surface area contributed by atoms with Crippen LogP contribution in [0.5, 0.6) is 0 Å². The van der Waals surface area contributed by atoms with Gasteiger partial charge in [0.25, 0.3) is 0 Å². The molecule has 0 aromatic heterocycles.